The number of nitrogens with one attached hydrogen (secondary N) is 1. The first-order chi connectivity index (χ1) is 16.5. The lowest BCUT2D eigenvalue weighted by Crippen LogP contribution is -2.81. The minimum atomic E-state index is -5.19. The smallest absolute Gasteiger partial charge is 0.430 e. The van der Waals surface area contributed by atoms with Gasteiger partial charge in [-0.1, -0.05) is 23.9 Å². The lowest BCUT2D eigenvalue weighted by Gasteiger charge is -2.13. The summed E-state index contributed by atoms with van der Waals surface area (Å²) in [5.41, 5.74) is 8.14. The molecule has 14 heteroatoms. The Hall–Kier alpha value is -4.40. The van der Waals surface area contributed by atoms with Crippen molar-refractivity contribution < 1.29 is 33.2 Å². The van der Waals surface area contributed by atoms with Crippen LogP contribution in [0.15, 0.2) is 46.7 Å². The molecule has 1 aromatic heterocycles. The predicted octanol–water partition coefficient (Wildman–Crippen LogP) is 0.870. The van der Waals surface area contributed by atoms with Crippen molar-refractivity contribution in [1.29, 1.82) is 10.5 Å². The highest BCUT2D eigenvalue weighted by atomic mass is 32.2. The van der Waals surface area contributed by atoms with Gasteiger partial charge in [0.2, 0.25) is 11.7 Å². The number of carbonyl (C=O) groups is 2. The van der Waals surface area contributed by atoms with Gasteiger partial charge in [0.15, 0.2) is 0 Å². The zero-order chi connectivity index (χ0) is 26.2. The average molecular weight is 503 g/mol. The number of halogens is 3. The van der Waals surface area contributed by atoms with Gasteiger partial charge in [0.05, 0.1) is 17.5 Å². The second-order valence-electron chi connectivity index (χ2n) is 6.61. The third-order valence-electron chi connectivity index (χ3n) is 4.11. The van der Waals surface area contributed by atoms with Crippen molar-refractivity contribution in [3.05, 3.63) is 47.8 Å². The molecule has 5 N–H and O–H groups in total. The van der Waals surface area contributed by atoms with Crippen LogP contribution in [0.3, 0.4) is 0 Å². The number of rotatable bonds is 5. The molecule has 0 fully saturated rings. The molecule has 1 aromatic carbocycles. The number of nitriles is 2. The molecule has 10 nitrogen and oxygen atoms in total. The van der Waals surface area contributed by atoms with E-state index in [-0.39, 0.29) is 22.9 Å². The number of quaternary nitrogens is 1. The van der Waals surface area contributed by atoms with Gasteiger partial charge in [-0.25, -0.2) is 9.98 Å². The number of nitrogens with zero attached hydrogens (tertiary/aromatic N) is 4. The van der Waals surface area contributed by atoms with Crippen LogP contribution >= 0.6 is 11.8 Å². The van der Waals surface area contributed by atoms with E-state index >= 15 is 0 Å². The fourth-order valence-corrected chi connectivity index (χ4v) is 3.59. The van der Waals surface area contributed by atoms with E-state index in [1.165, 1.54) is 18.7 Å². The SMILES string of the molecule is CC(=O)Nc1ccc(-c2c(C#N)c(N)nc(SCC3=NC=C[NH2+]3)c2C#N)cc1.O=C([O-])C(F)(F)F. The van der Waals surface area contributed by atoms with E-state index in [1.807, 2.05) is 11.5 Å². The summed E-state index contributed by atoms with van der Waals surface area (Å²) in [6.45, 7) is 1.42. The molecule has 1 aliphatic rings. The van der Waals surface area contributed by atoms with Crippen molar-refractivity contribution in [3.63, 3.8) is 0 Å². The van der Waals surface area contributed by atoms with E-state index in [9.17, 15) is 28.5 Å². The number of carboxylic acid groups (broad SMARTS) is 1. The van der Waals surface area contributed by atoms with Crippen LogP contribution in [-0.2, 0) is 9.59 Å². The molecular formula is C21H16F3N7O3S. The fourth-order valence-electron chi connectivity index (χ4n) is 2.68. The maximum absolute atomic E-state index is 11.2. The number of carbonyl (C=O) groups excluding carboxylic acids is 2. The van der Waals surface area contributed by atoms with E-state index in [0.717, 1.165) is 5.84 Å². The molecular weight excluding hydrogens is 487 g/mol. The molecule has 0 bridgehead atoms. The van der Waals surface area contributed by atoms with Gasteiger partial charge < -0.3 is 21.0 Å². The summed E-state index contributed by atoms with van der Waals surface area (Å²) >= 11 is 1.34. The number of amidine groups is 1. The second kappa shape index (κ2) is 11.6. The number of benzene rings is 1. The Morgan fingerprint density at radius 3 is 2.26 bits per heavy atom. The van der Waals surface area contributed by atoms with Gasteiger partial charge in [-0.15, -0.1) is 0 Å². The summed E-state index contributed by atoms with van der Waals surface area (Å²) < 4.78 is 31.5. The van der Waals surface area contributed by atoms with Crippen molar-refractivity contribution in [2.75, 3.05) is 16.8 Å². The molecule has 0 aliphatic carbocycles. The van der Waals surface area contributed by atoms with Crippen LogP contribution in [0.4, 0.5) is 24.7 Å². The molecule has 1 aliphatic heterocycles. The lowest BCUT2D eigenvalue weighted by molar-refractivity contribution is -0.458. The molecule has 3 rings (SSSR count). The summed E-state index contributed by atoms with van der Waals surface area (Å²) in [6, 6.07) is 11.1. The van der Waals surface area contributed by atoms with Crippen LogP contribution in [0.2, 0.25) is 0 Å². The second-order valence-corrected chi connectivity index (χ2v) is 7.58. The zero-order valence-corrected chi connectivity index (χ0v) is 18.7. The largest absolute Gasteiger partial charge is 0.542 e. The predicted molar refractivity (Wildman–Crippen MR) is 118 cm³/mol. The molecule has 0 saturated carbocycles. The topological polar surface area (TPSA) is 185 Å². The van der Waals surface area contributed by atoms with Crippen LogP contribution in [0.25, 0.3) is 11.1 Å². The Morgan fingerprint density at radius 1 is 1.20 bits per heavy atom. The van der Waals surface area contributed by atoms with Crippen LogP contribution in [0.5, 0.6) is 0 Å². The molecule has 0 unspecified atom stereocenters. The Bertz CT molecular complexity index is 1280. The van der Waals surface area contributed by atoms with Gasteiger partial charge >= 0.3 is 6.18 Å². The van der Waals surface area contributed by atoms with Crippen molar-refractivity contribution in [3.8, 4) is 23.3 Å². The number of nitrogen functional groups attached to an aromatic ring is 1. The van der Waals surface area contributed by atoms with Gasteiger partial charge in [-0.3, -0.25) is 10.1 Å². The first-order valence-electron chi connectivity index (χ1n) is 9.47. The highest BCUT2D eigenvalue weighted by molar-refractivity contribution is 8.00. The number of aromatic nitrogens is 1. The first-order valence-corrected chi connectivity index (χ1v) is 10.5. The number of hydrogen-bond donors (Lipinski definition) is 3. The Labute approximate surface area is 201 Å². The summed E-state index contributed by atoms with van der Waals surface area (Å²) in [5, 5.41) is 33.1. The lowest BCUT2D eigenvalue weighted by atomic mass is 9.96. The van der Waals surface area contributed by atoms with Crippen LogP contribution in [-0.4, -0.2) is 34.6 Å². The van der Waals surface area contributed by atoms with E-state index in [1.54, 1.807) is 30.5 Å². The van der Waals surface area contributed by atoms with Crippen molar-refractivity contribution in [2.45, 2.75) is 18.1 Å². The number of thioether (sulfide) groups is 1. The van der Waals surface area contributed by atoms with Crippen LogP contribution < -0.4 is 21.5 Å². The summed E-state index contributed by atoms with van der Waals surface area (Å²) in [7, 11) is 0. The maximum atomic E-state index is 11.2. The van der Waals surface area contributed by atoms with Crippen molar-refractivity contribution in [1.82, 2.24) is 4.98 Å². The van der Waals surface area contributed by atoms with Gasteiger partial charge in [-0.05, 0) is 17.7 Å². The van der Waals surface area contributed by atoms with E-state index in [0.29, 0.717) is 27.6 Å². The summed E-state index contributed by atoms with van der Waals surface area (Å²) in [5.74, 6) is -1.73. The number of aliphatic carboxylic acids is 1. The van der Waals surface area contributed by atoms with E-state index < -0.39 is 12.1 Å². The van der Waals surface area contributed by atoms with Gasteiger partial charge in [0.25, 0.3) is 0 Å². The monoisotopic (exact) mass is 503 g/mol. The minimum absolute atomic E-state index is 0.0698. The maximum Gasteiger partial charge on any atom is 0.430 e. The quantitative estimate of drug-likeness (QED) is 0.502. The third-order valence-corrected chi connectivity index (χ3v) is 5.12. The van der Waals surface area contributed by atoms with Crippen molar-refractivity contribution >= 4 is 41.0 Å². The van der Waals surface area contributed by atoms with Crippen LogP contribution in [0.1, 0.15) is 18.1 Å². The van der Waals surface area contributed by atoms with Gasteiger partial charge in [0.1, 0.15) is 40.7 Å². The Morgan fingerprint density at radius 2 is 1.80 bits per heavy atom. The Kier molecular flexibility index (Phi) is 8.93. The normalized spacial score (nSPS) is 12.0. The standard InChI is InChI=1S/C19H15N7OS.C2HF3O2/c1-11(27)25-13-4-2-12(3-5-13)17-14(8-20)18(22)26-19(15(17)9-21)28-10-16-23-6-7-24-16;3-2(4,5)1(6)7/h2-7H,10H2,1H3,(H2,22,26)(H,23,24)(H,25,27);(H,6,7). The molecule has 180 valence electrons. The van der Waals surface area contributed by atoms with E-state index in [4.69, 9.17) is 15.6 Å². The van der Waals surface area contributed by atoms with Gasteiger partial charge in [-0.2, -0.15) is 23.7 Å². The number of nitrogens with two attached hydrogens (primary N) is 2. The molecule has 1 amide bonds. The molecule has 2 heterocycles. The first kappa shape index (κ1) is 26.8. The average Bonchev–Trinajstić information content (AvgIpc) is 3.31. The fraction of sp³-hybridized carbons (Fsp3) is 0.143. The number of pyridine rings is 1. The minimum Gasteiger partial charge on any atom is -0.542 e. The number of carboxylic acids is 1. The number of anilines is 2. The highest BCUT2D eigenvalue weighted by Gasteiger charge is 2.28. The third kappa shape index (κ3) is 7.29. The number of aliphatic imine (C=N–C) groups is 1. The Balaban J connectivity index is 0.000000540. The van der Waals surface area contributed by atoms with Crippen LogP contribution in [0, 0.1) is 22.7 Å². The number of hydrogen-bond acceptors (Lipinski definition) is 9. The van der Waals surface area contributed by atoms with Crippen molar-refractivity contribution in [2.24, 2.45) is 4.99 Å². The van der Waals surface area contributed by atoms with E-state index in [2.05, 4.69) is 27.4 Å². The molecule has 35 heavy (non-hydrogen) atoms. The molecule has 2 aromatic rings. The highest BCUT2D eigenvalue weighted by Crippen LogP contribution is 2.36. The van der Waals surface area contributed by atoms with Gasteiger partial charge in [0, 0.05) is 18.2 Å². The molecule has 0 saturated heterocycles. The molecule has 0 spiro atoms. The zero-order valence-electron chi connectivity index (χ0n) is 17.9. The number of alkyl halides is 3. The number of amides is 1. The summed E-state index contributed by atoms with van der Waals surface area (Å²) in [4.78, 5) is 28.5. The summed E-state index contributed by atoms with van der Waals surface area (Å²) in [6.07, 6.45) is -1.66. The molecule has 0 atom stereocenters. The molecule has 0 radical (unpaired) electrons.